The predicted molar refractivity (Wildman–Crippen MR) is 109 cm³/mol. The molecule has 7 heteroatoms. The summed E-state index contributed by atoms with van der Waals surface area (Å²) >= 11 is 0. The van der Waals surface area contributed by atoms with Crippen LogP contribution in [0.1, 0.15) is 11.1 Å². The molecule has 0 bridgehead atoms. The van der Waals surface area contributed by atoms with Crippen molar-refractivity contribution >= 4 is 11.8 Å². The summed E-state index contributed by atoms with van der Waals surface area (Å²) in [6.07, 6.45) is 3.67. The van der Waals surface area contributed by atoms with Crippen molar-refractivity contribution in [1.29, 1.82) is 0 Å². The third kappa shape index (κ3) is 6.49. The number of likely N-dealkylation sites (N-methyl/N-ethyl adjacent to an activating group) is 1. The van der Waals surface area contributed by atoms with Gasteiger partial charge in [-0.1, -0.05) is 48.5 Å². The maximum Gasteiger partial charge on any atom is 0.258 e. The van der Waals surface area contributed by atoms with Crippen molar-refractivity contribution in [2.75, 3.05) is 20.2 Å². The van der Waals surface area contributed by atoms with Gasteiger partial charge in [0.2, 0.25) is 5.91 Å². The number of rotatable bonds is 9. The number of amides is 2. The van der Waals surface area contributed by atoms with Crippen LogP contribution >= 0.6 is 0 Å². The fourth-order valence-electron chi connectivity index (χ4n) is 2.73. The van der Waals surface area contributed by atoms with Gasteiger partial charge in [-0.15, -0.1) is 0 Å². The average Bonchev–Trinajstić information content (AvgIpc) is 3.18. The monoisotopic (exact) mass is 392 g/mol. The second-order valence-electron chi connectivity index (χ2n) is 6.66. The van der Waals surface area contributed by atoms with Crippen molar-refractivity contribution < 1.29 is 14.3 Å². The number of benzene rings is 2. The van der Waals surface area contributed by atoms with Gasteiger partial charge in [0.1, 0.15) is 5.75 Å². The van der Waals surface area contributed by atoms with Crippen LogP contribution in [0.5, 0.6) is 5.75 Å². The van der Waals surface area contributed by atoms with Gasteiger partial charge in [0.05, 0.1) is 19.3 Å². The number of nitrogens with one attached hydrogen (secondary N) is 1. The zero-order chi connectivity index (χ0) is 20.5. The standard InChI is InChI=1S/C22H24N4O3/c1-25(14-19-12-24-26(16-19)15-18-8-4-2-5-9-18)22(28)13-23-21(27)17-29-20-10-6-3-7-11-20/h2-12,16H,13-15,17H2,1H3,(H,23,27). The fourth-order valence-corrected chi connectivity index (χ4v) is 2.73. The van der Waals surface area contributed by atoms with E-state index in [0.717, 1.165) is 11.1 Å². The molecule has 0 aliphatic carbocycles. The van der Waals surface area contributed by atoms with Crippen LogP contribution in [0.3, 0.4) is 0 Å². The summed E-state index contributed by atoms with van der Waals surface area (Å²) in [5, 5.41) is 6.92. The lowest BCUT2D eigenvalue weighted by Gasteiger charge is -2.16. The minimum atomic E-state index is -0.341. The first-order chi connectivity index (χ1) is 14.1. The second-order valence-corrected chi connectivity index (χ2v) is 6.66. The largest absolute Gasteiger partial charge is 0.484 e. The predicted octanol–water partition coefficient (Wildman–Crippen LogP) is 2.08. The number of nitrogens with zero attached hydrogens (tertiary/aromatic N) is 3. The van der Waals surface area contributed by atoms with Crippen molar-refractivity contribution in [3.63, 3.8) is 0 Å². The van der Waals surface area contributed by atoms with E-state index in [-0.39, 0.29) is 25.0 Å². The van der Waals surface area contributed by atoms with E-state index in [0.29, 0.717) is 18.8 Å². The Morgan fingerprint density at radius 3 is 2.45 bits per heavy atom. The van der Waals surface area contributed by atoms with Crippen LogP contribution in [0.4, 0.5) is 0 Å². The van der Waals surface area contributed by atoms with Gasteiger partial charge in [0.25, 0.3) is 5.91 Å². The Labute approximate surface area is 169 Å². The Kier molecular flexibility index (Phi) is 7.00. The molecule has 29 heavy (non-hydrogen) atoms. The molecule has 0 unspecified atom stereocenters. The highest BCUT2D eigenvalue weighted by molar-refractivity contribution is 5.85. The molecule has 1 aromatic heterocycles. The van der Waals surface area contributed by atoms with Crippen LogP contribution < -0.4 is 10.1 Å². The summed E-state index contributed by atoms with van der Waals surface area (Å²) in [6, 6.07) is 19.1. The molecule has 3 rings (SSSR count). The first-order valence-electron chi connectivity index (χ1n) is 9.34. The topological polar surface area (TPSA) is 76.5 Å². The molecule has 7 nitrogen and oxygen atoms in total. The minimum absolute atomic E-state index is 0.0777. The smallest absolute Gasteiger partial charge is 0.258 e. The normalized spacial score (nSPS) is 10.4. The van der Waals surface area contributed by atoms with E-state index in [2.05, 4.69) is 10.4 Å². The SMILES string of the molecule is CN(Cc1cnn(Cc2ccccc2)c1)C(=O)CNC(=O)COc1ccccc1. The molecule has 0 saturated carbocycles. The zero-order valence-corrected chi connectivity index (χ0v) is 16.3. The molecular weight excluding hydrogens is 368 g/mol. The fraction of sp³-hybridized carbons (Fsp3) is 0.227. The molecule has 0 saturated heterocycles. The van der Waals surface area contributed by atoms with Gasteiger partial charge >= 0.3 is 0 Å². The third-order valence-electron chi connectivity index (χ3n) is 4.27. The maximum atomic E-state index is 12.3. The third-order valence-corrected chi connectivity index (χ3v) is 4.27. The Balaban J connectivity index is 1.40. The van der Waals surface area contributed by atoms with Crippen LogP contribution in [-0.4, -0.2) is 46.7 Å². The number of hydrogen-bond donors (Lipinski definition) is 1. The lowest BCUT2D eigenvalue weighted by Crippen LogP contribution is -2.39. The van der Waals surface area contributed by atoms with Gasteiger partial charge in [0, 0.05) is 25.4 Å². The molecule has 0 radical (unpaired) electrons. The van der Waals surface area contributed by atoms with Crippen molar-refractivity contribution in [2.24, 2.45) is 0 Å². The Hall–Kier alpha value is -3.61. The molecule has 3 aromatic rings. The van der Waals surface area contributed by atoms with Crippen molar-refractivity contribution in [3.05, 3.63) is 84.2 Å². The van der Waals surface area contributed by atoms with Crippen molar-refractivity contribution in [2.45, 2.75) is 13.1 Å². The molecule has 150 valence electrons. The average molecular weight is 392 g/mol. The van der Waals surface area contributed by atoms with Gasteiger partial charge in [-0.2, -0.15) is 5.10 Å². The summed E-state index contributed by atoms with van der Waals surface area (Å²) in [4.78, 5) is 25.7. The van der Waals surface area contributed by atoms with Crippen LogP contribution in [0.15, 0.2) is 73.1 Å². The van der Waals surface area contributed by atoms with Crippen LogP contribution in [0.2, 0.25) is 0 Å². The summed E-state index contributed by atoms with van der Waals surface area (Å²) in [5.41, 5.74) is 2.09. The van der Waals surface area contributed by atoms with Crippen LogP contribution in [0, 0.1) is 0 Å². The second kappa shape index (κ2) is 10.1. The molecule has 2 amide bonds. The van der Waals surface area contributed by atoms with E-state index in [9.17, 15) is 9.59 Å². The highest BCUT2D eigenvalue weighted by atomic mass is 16.5. The van der Waals surface area contributed by atoms with E-state index in [1.54, 1.807) is 30.3 Å². The number of para-hydroxylation sites is 1. The Morgan fingerprint density at radius 1 is 1.03 bits per heavy atom. The zero-order valence-electron chi connectivity index (χ0n) is 16.3. The summed E-state index contributed by atoms with van der Waals surface area (Å²) < 4.78 is 7.20. The van der Waals surface area contributed by atoms with E-state index >= 15 is 0 Å². The molecule has 0 aliphatic rings. The van der Waals surface area contributed by atoms with Crippen molar-refractivity contribution in [1.82, 2.24) is 20.0 Å². The van der Waals surface area contributed by atoms with Crippen molar-refractivity contribution in [3.8, 4) is 5.75 Å². The summed E-state index contributed by atoms with van der Waals surface area (Å²) in [5.74, 6) is 0.0822. The van der Waals surface area contributed by atoms with E-state index in [1.807, 2.05) is 59.4 Å². The van der Waals surface area contributed by atoms with E-state index < -0.39 is 0 Å². The van der Waals surface area contributed by atoms with E-state index in [4.69, 9.17) is 4.74 Å². The number of aromatic nitrogens is 2. The Bertz CT molecular complexity index is 926. The van der Waals surface area contributed by atoms with Gasteiger partial charge in [-0.3, -0.25) is 14.3 Å². The number of hydrogen-bond acceptors (Lipinski definition) is 4. The molecule has 0 atom stereocenters. The highest BCUT2D eigenvalue weighted by Gasteiger charge is 2.12. The molecule has 1 N–H and O–H groups in total. The van der Waals surface area contributed by atoms with Gasteiger partial charge < -0.3 is 15.0 Å². The number of carbonyl (C=O) groups excluding carboxylic acids is 2. The molecule has 0 spiro atoms. The molecule has 1 heterocycles. The molecular formula is C22H24N4O3. The lowest BCUT2D eigenvalue weighted by molar-refractivity contribution is -0.132. The van der Waals surface area contributed by atoms with Crippen LogP contribution in [-0.2, 0) is 22.7 Å². The molecule has 2 aromatic carbocycles. The quantitative estimate of drug-likeness (QED) is 0.605. The van der Waals surface area contributed by atoms with Gasteiger partial charge in [-0.25, -0.2) is 0 Å². The number of ether oxygens (including phenoxy) is 1. The lowest BCUT2D eigenvalue weighted by atomic mass is 10.2. The first kappa shape index (κ1) is 20.1. The Morgan fingerprint density at radius 2 is 1.72 bits per heavy atom. The molecule has 0 fully saturated rings. The van der Waals surface area contributed by atoms with Gasteiger partial charge in [-0.05, 0) is 17.7 Å². The first-order valence-corrected chi connectivity index (χ1v) is 9.34. The number of carbonyl (C=O) groups is 2. The highest BCUT2D eigenvalue weighted by Crippen LogP contribution is 2.08. The summed E-state index contributed by atoms with van der Waals surface area (Å²) in [6.45, 7) is 0.888. The molecule has 0 aliphatic heterocycles. The van der Waals surface area contributed by atoms with Crippen LogP contribution in [0.25, 0.3) is 0 Å². The van der Waals surface area contributed by atoms with E-state index in [1.165, 1.54) is 0 Å². The maximum absolute atomic E-state index is 12.3. The minimum Gasteiger partial charge on any atom is -0.484 e. The summed E-state index contributed by atoms with van der Waals surface area (Å²) in [7, 11) is 1.70. The van der Waals surface area contributed by atoms with Gasteiger partial charge in [0.15, 0.2) is 6.61 Å².